The second-order valence-electron chi connectivity index (χ2n) is 4.63. The van der Waals surface area contributed by atoms with E-state index in [0.717, 1.165) is 10.9 Å². The van der Waals surface area contributed by atoms with Crippen molar-refractivity contribution in [3.63, 3.8) is 0 Å². The molecule has 1 aromatic heterocycles. The predicted molar refractivity (Wildman–Crippen MR) is 62.2 cm³/mol. The molecule has 1 heterocycles. The monoisotopic (exact) mass is 203 g/mol. The van der Waals surface area contributed by atoms with E-state index in [-0.39, 0.29) is 0 Å². The van der Waals surface area contributed by atoms with E-state index in [1.54, 1.807) is 6.26 Å². The molecule has 0 atom stereocenters. The van der Waals surface area contributed by atoms with E-state index in [0.29, 0.717) is 11.8 Å². The molecule has 1 aromatic carbocycles. The molecule has 0 saturated carbocycles. The van der Waals surface area contributed by atoms with Gasteiger partial charge in [0.2, 0.25) is 0 Å². The smallest absolute Gasteiger partial charge is 0.131 e. The van der Waals surface area contributed by atoms with Gasteiger partial charge in [-0.2, -0.15) is 0 Å². The summed E-state index contributed by atoms with van der Waals surface area (Å²) in [7, 11) is 0. The molecular formula is C13H17NO. The van der Waals surface area contributed by atoms with Crippen molar-refractivity contribution in [3.05, 3.63) is 29.5 Å². The van der Waals surface area contributed by atoms with Crippen molar-refractivity contribution in [2.75, 3.05) is 0 Å². The van der Waals surface area contributed by atoms with Crippen LogP contribution in [-0.2, 0) is 0 Å². The van der Waals surface area contributed by atoms with Gasteiger partial charge in [-0.05, 0) is 29.0 Å². The Morgan fingerprint density at radius 1 is 1.07 bits per heavy atom. The highest BCUT2D eigenvalue weighted by atomic mass is 16.5. The van der Waals surface area contributed by atoms with Gasteiger partial charge in [0, 0.05) is 5.39 Å². The largest absolute Gasteiger partial charge is 0.363 e. The molecule has 0 amide bonds. The topological polar surface area (TPSA) is 26.0 Å². The van der Waals surface area contributed by atoms with Crippen molar-refractivity contribution in [3.8, 4) is 0 Å². The quantitative estimate of drug-likeness (QED) is 0.735. The number of hydrogen-bond acceptors (Lipinski definition) is 2. The van der Waals surface area contributed by atoms with Crippen molar-refractivity contribution >= 4 is 10.9 Å². The summed E-state index contributed by atoms with van der Waals surface area (Å²) in [5, 5.41) is 5.15. The fourth-order valence-corrected chi connectivity index (χ4v) is 2.13. The van der Waals surface area contributed by atoms with E-state index < -0.39 is 0 Å². The van der Waals surface area contributed by atoms with Crippen molar-refractivity contribution in [2.24, 2.45) is 0 Å². The molecule has 0 saturated heterocycles. The number of rotatable bonds is 2. The average Bonchev–Trinajstić information content (AvgIpc) is 2.62. The zero-order valence-corrected chi connectivity index (χ0v) is 9.74. The predicted octanol–water partition coefficient (Wildman–Crippen LogP) is 4.07. The molecule has 0 aliphatic carbocycles. The van der Waals surface area contributed by atoms with Crippen LogP contribution >= 0.6 is 0 Å². The lowest BCUT2D eigenvalue weighted by molar-refractivity contribution is 0.428. The van der Waals surface area contributed by atoms with E-state index in [4.69, 9.17) is 4.52 Å². The van der Waals surface area contributed by atoms with Gasteiger partial charge in [-0.15, -0.1) is 0 Å². The minimum atomic E-state index is 0.505. The third-order valence-corrected chi connectivity index (χ3v) is 2.82. The molecule has 80 valence electrons. The van der Waals surface area contributed by atoms with Gasteiger partial charge in [-0.1, -0.05) is 38.9 Å². The Morgan fingerprint density at radius 3 is 2.40 bits per heavy atom. The van der Waals surface area contributed by atoms with Gasteiger partial charge in [0.25, 0.3) is 0 Å². The van der Waals surface area contributed by atoms with Crippen LogP contribution in [0.4, 0.5) is 0 Å². The summed E-state index contributed by atoms with van der Waals surface area (Å²) in [6, 6.07) is 4.21. The molecular weight excluding hydrogens is 186 g/mol. The van der Waals surface area contributed by atoms with Gasteiger partial charge >= 0.3 is 0 Å². The minimum Gasteiger partial charge on any atom is -0.363 e. The summed E-state index contributed by atoms with van der Waals surface area (Å²) in [6.07, 6.45) is 1.76. The molecule has 0 fully saturated rings. The molecule has 0 N–H and O–H groups in total. The standard InChI is InChI=1S/C13H17NO/c1-8(2)10-5-6-12-11(7-15-14-12)13(10)9(3)4/h5-9H,1-4H3. The number of fused-ring (bicyclic) bond motifs is 1. The van der Waals surface area contributed by atoms with Crippen molar-refractivity contribution in [2.45, 2.75) is 39.5 Å². The van der Waals surface area contributed by atoms with Gasteiger partial charge in [0.1, 0.15) is 11.8 Å². The molecule has 0 aliphatic rings. The van der Waals surface area contributed by atoms with Gasteiger partial charge in [-0.25, -0.2) is 0 Å². The van der Waals surface area contributed by atoms with Crippen LogP contribution in [0.15, 0.2) is 22.9 Å². The van der Waals surface area contributed by atoms with Gasteiger partial charge in [0.15, 0.2) is 0 Å². The first-order valence-electron chi connectivity index (χ1n) is 5.48. The number of hydrogen-bond donors (Lipinski definition) is 0. The van der Waals surface area contributed by atoms with Crippen molar-refractivity contribution < 1.29 is 4.52 Å². The highest BCUT2D eigenvalue weighted by molar-refractivity contribution is 5.83. The second kappa shape index (κ2) is 3.69. The Labute approximate surface area is 90.3 Å². The van der Waals surface area contributed by atoms with E-state index in [2.05, 4.69) is 38.9 Å². The van der Waals surface area contributed by atoms with E-state index >= 15 is 0 Å². The second-order valence-corrected chi connectivity index (χ2v) is 4.63. The highest BCUT2D eigenvalue weighted by Gasteiger charge is 2.15. The maximum atomic E-state index is 5.04. The average molecular weight is 203 g/mol. The van der Waals surface area contributed by atoms with Gasteiger partial charge in [-0.3, -0.25) is 0 Å². The summed E-state index contributed by atoms with van der Waals surface area (Å²) in [4.78, 5) is 0. The Kier molecular flexibility index (Phi) is 2.51. The molecule has 2 heteroatoms. The van der Waals surface area contributed by atoms with Crippen LogP contribution in [0.5, 0.6) is 0 Å². The van der Waals surface area contributed by atoms with Crippen LogP contribution in [-0.4, -0.2) is 5.16 Å². The molecule has 0 radical (unpaired) electrons. The summed E-state index contributed by atoms with van der Waals surface area (Å²) in [5.41, 5.74) is 3.74. The van der Waals surface area contributed by atoms with E-state index in [1.807, 2.05) is 6.07 Å². The maximum Gasteiger partial charge on any atom is 0.131 e. The van der Waals surface area contributed by atoms with Crippen LogP contribution in [0.3, 0.4) is 0 Å². The van der Waals surface area contributed by atoms with Gasteiger partial charge in [0.05, 0.1) is 0 Å². The molecule has 0 spiro atoms. The fraction of sp³-hybridized carbons (Fsp3) is 0.462. The molecule has 2 aromatic rings. The lowest BCUT2D eigenvalue weighted by atomic mass is 9.88. The molecule has 0 aliphatic heterocycles. The highest BCUT2D eigenvalue weighted by Crippen LogP contribution is 2.32. The van der Waals surface area contributed by atoms with E-state index in [9.17, 15) is 0 Å². The van der Waals surface area contributed by atoms with Crippen molar-refractivity contribution in [1.82, 2.24) is 5.16 Å². The Balaban J connectivity index is 2.75. The lowest BCUT2D eigenvalue weighted by Crippen LogP contribution is -1.98. The SMILES string of the molecule is CC(C)c1ccc2nocc2c1C(C)C. The van der Waals surface area contributed by atoms with Crippen LogP contribution < -0.4 is 0 Å². The summed E-state index contributed by atoms with van der Waals surface area (Å²) < 4.78 is 5.04. The van der Waals surface area contributed by atoms with Crippen LogP contribution in [0.1, 0.15) is 50.7 Å². The van der Waals surface area contributed by atoms with E-state index in [1.165, 1.54) is 11.1 Å². The number of benzene rings is 1. The zero-order valence-electron chi connectivity index (χ0n) is 9.74. The van der Waals surface area contributed by atoms with Gasteiger partial charge < -0.3 is 4.52 Å². The lowest BCUT2D eigenvalue weighted by Gasteiger charge is -2.16. The molecule has 2 rings (SSSR count). The molecule has 0 unspecified atom stereocenters. The zero-order chi connectivity index (χ0) is 11.0. The van der Waals surface area contributed by atoms with Crippen LogP contribution in [0.25, 0.3) is 10.9 Å². The number of nitrogens with zero attached hydrogens (tertiary/aromatic N) is 1. The maximum absolute atomic E-state index is 5.04. The van der Waals surface area contributed by atoms with Crippen LogP contribution in [0, 0.1) is 0 Å². The normalized spacial score (nSPS) is 11.9. The van der Waals surface area contributed by atoms with Crippen LogP contribution in [0.2, 0.25) is 0 Å². The fourth-order valence-electron chi connectivity index (χ4n) is 2.13. The third-order valence-electron chi connectivity index (χ3n) is 2.82. The molecule has 15 heavy (non-hydrogen) atoms. The number of aromatic nitrogens is 1. The van der Waals surface area contributed by atoms with Crippen molar-refractivity contribution in [1.29, 1.82) is 0 Å². The Bertz CT molecular complexity index is 468. The minimum absolute atomic E-state index is 0.505. The third kappa shape index (κ3) is 1.65. The first kappa shape index (κ1) is 10.2. The summed E-state index contributed by atoms with van der Waals surface area (Å²) >= 11 is 0. The summed E-state index contributed by atoms with van der Waals surface area (Å²) in [5.74, 6) is 1.05. The molecule has 0 bridgehead atoms. The molecule has 2 nitrogen and oxygen atoms in total. The Morgan fingerprint density at radius 2 is 1.80 bits per heavy atom. The first-order chi connectivity index (χ1) is 7.11. The summed E-state index contributed by atoms with van der Waals surface area (Å²) in [6.45, 7) is 8.88. The Hall–Kier alpha value is -1.31. The first-order valence-corrected chi connectivity index (χ1v) is 5.48.